The third-order valence-corrected chi connectivity index (χ3v) is 12.9. The molecule has 0 radical (unpaired) electrons. The number of nitrogens with zero attached hydrogens (tertiary/aromatic N) is 1. The fourth-order valence-corrected chi connectivity index (χ4v) is 8.26. The molecule has 20 N–H and O–H groups in total. The number of aliphatic hydroxyl groups excluding tert-OH is 3. The van der Waals surface area contributed by atoms with Gasteiger partial charge in [0.25, 0.3) is 0 Å². The standard InChI is InChI=1S/C53H75N13O15S/c1-29(44(72)60-36(20-22-82-3)46(74)65-41(28-68)52(80)81)58-47(75)38(25-33-16-18-34(70)19-17-33)62-45(73)35(15-10-21-57-53(55)56)61-50(78)40(27-67)64-48(76)39(24-32-13-8-5-9-14-32)63-51(79)43(30(2)69)66-49(77)37(59-42(71)26-54)23-31-11-6-4-7-12-31/h4-9,11-14,16-19,29-30,35-41,43,67-70H,10,15,20-28,54H2,1-3H3,(H,58,75)(H,59,71)(H,60,72)(H,61,78)(H,62,73)(H,63,79)(H,64,76)(H,65,74)(H,66,77)(H,80,81)(H4,55,56,57)/t29-,30+,35-,36-,37-,38-,39-,40-,41-,43-/m0/s1. The molecule has 0 unspecified atom stereocenters. The number of aliphatic carboxylic acids is 1. The molecule has 0 spiro atoms. The number of carbonyl (C=O) groups excluding carboxylic acids is 9. The molecule has 3 rings (SSSR count). The number of phenolic OH excluding ortho intramolecular Hbond substituents is 1. The number of hydrogen-bond donors (Lipinski definition) is 17. The molecular formula is C53H75N13O15S. The van der Waals surface area contributed by atoms with E-state index in [1.54, 1.807) is 66.9 Å². The Morgan fingerprint density at radius 2 is 0.939 bits per heavy atom. The lowest BCUT2D eigenvalue weighted by Crippen LogP contribution is -2.62. The molecular weight excluding hydrogens is 1090 g/mol. The molecule has 0 aliphatic rings. The van der Waals surface area contributed by atoms with Crippen LogP contribution in [0, 0.1) is 0 Å². The summed E-state index contributed by atoms with van der Waals surface area (Å²) in [6.45, 7) is -0.0323. The number of carboxylic acid groups (broad SMARTS) is 1. The van der Waals surface area contributed by atoms with Gasteiger partial charge in [-0.25, -0.2) is 4.79 Å². The van der Waals surface area contributed by atoms with Gasteiger partial charge in [0.05, 0.1) is 25.9 Å². The lowest BCUT2D eigenvalue weighted by atomic mass is 10.0. The van der Waals surface area contributed by atoms with Gasteiger partial charge in [-0.05, 0) is 73.9 Å². The van der Waals surface area contributed by atoms with Gasteiger partial charge in [0, 0.05) is 25.8 Å². The summed E-state index contributed by atoms with van der Waals surface area (Å²) in [6.07, 6.45) is -0.514. The number of benzene rings is 3. The topological polar surface area (TPSA) is 471 Å². The zero-order valence-corrected chi connectivity index (χ0v) is 46.4. The van der Waals surface area contributed by atoms with E-state index in [9.17, 15) is 73.5 Å². The van der Waals surface area contributed by atoms with Gasteiger partial charge in [0.15, 0.2) is 5.96 Å². The molecule has 82 heavy (non-hydrogen) atoms. The lowest BCUT2D eigenvalue weighted by Gasteiger charge is -2.28. The maximum atomic E-state index is 14.3. The second-order valence-corrected chi connectivity index (χ2v) is 19.8. The second kappa shape index (κ2) is 35.4. The highest BCUT2D eigenvalue weighted by atomic mass is 32.2. The van der Waals surface area contributed by atoms with Crippen molar-refractivity contribution in [3.63, 3.8) is 0 Å². The van der Waals surface area contributed by atoms with Crippen molar-refractivity contribution in [1.82, 2.24) is 47.9 Å². The average molecular weight is 1170 g/mol. The maximum Gasteiger partial charge on any atom is 0.328 e. The first-order valence-electron chi connectivity index (χ1n) is 26.0. The highest BCUT2D eigenvalue weighted by Crippen LogP contribution is 2.14. The Hall–Kier alpha value is -8.38. The molecule has 0 saturated heterocycles. The molecule has 3 aromatic carbocycles. The van der Waals surface area contributed by atoms with E-state index >= 15 is 0 Å². The van der Waals surface area contributed by atoms with E-state index in [1.807, 2.05) is 0 Å². The number of aliphatic imine (C=N–C) groups is 1. The van der Waals surface area contributed by atoms with Crippen LogP contribution in [-0.4, -0.2) is 189 Å². The Kier molecular flexibility index (Phi) is 29.3. The zero-order valence-electron chi connectivity index (χ0n) is 45.5. The summed E-state index contributed by atoms with van der Waals surface area (Å²) >= 11 is 1.32. The molecule has 28 nitrogen and oxygen atoms in total. The molecule has 0 aromatic heterocycles. The van der Waals surface area contributed by atoms with Crippen LogP contribution in [-0.2, 0) is 67.2 Å². The van der Waals surface area contributed by atoms with Gasteiger partial charge < -0.3 is 90.6 Å². The largest absolute Gasteiger partial charge is 0.508 e. The number of amides is 9. The van der Waals surface area contributed by atoms with Crippen LogP contribution in [0.1, 0.15) is 49.8 Å². The summed E-state index contributed by atoms with van der Waals surface area (Å²) in [5.41, 5.74) is 18.1. The number of carboxylic acids is 1. The monoisotopic (exact) mass is 1170 g/mol. The Bertz CT molecular complexity index is 2630. The molecule has 0 aliphatic heterocycles. The number of rotatable bonds is 35. The maximum absolute atomic E-state index is 14.3. The SMILES string of the molecule is CSCC[C@H](NC(=O)[C@H](C)NC(=O)[C@H](Cc1ccc(O)cc1)NC(=O)[C@H](CCCN=C(N)N)NC(=O)[C@H](CO)NC(=O)[C@H](Cc1ccccc1)NC(=O)[C@@H](NC(=O)[C@H](Cc1ccccc1)NC(=O)CN)[C@@H](C)O)C(=O)N[C@@H](CO)C(=O)O. The summed E-state index contributed by atoms with van der Waals surface area (Å²) in [5.74, 6) is -10.1. The minimum Gasteiger partial charge on any atom is -0.508 e. The Morgan fingerprint density at radius 1 is 0.524 bits per heavy atom. The van der Waals surface area contributed by atoms with Crippen molar-refractivity contribution in [2.45, 2.75) is 113 Å². The third-order valence-electron chi connectivity index (χ3n) is 12.3. The zero-order chi connectivity index (χ0) is 60.9. The molecule has 0 saturated carbocycles. The lowest BCUT2D eigenvalue weighted by molar-refractivity contribution is -0.143. The van der Waals surface area contributed by atoms with Crippen molar-refractivity contribution in [3.8, 4) is 5.75 Å². The number of aliphatic hydroxyl groups is 3. The summed E-state index contributed by atoms with van der Waals surface area (Å²) in [4.78, 5) is 139. The fourth-order valence-electron chi connectivity index (χ4n) is 7.79. The van der Waals surface area contributed by atoms with Gasteiger partial charge in [-0.1, -0.05) is 72.8 Å². The second-order valence-electron chi connectivity index (χ2n) is 18.8. The quantitative estimate of drug-likeness (QED) is 0.0149. The van der Waals surface area contributed by atoms with Crippen molar-refractivity contribution in [2.24, 2.45) is 22.2 Å². The Balaban J connectivity index is 1.91. The minimum atomic E-state index is -1.82. The molecule has 10 atom stereocenters. The van der Waals surface area contributed by atoms with Crippen molar-refractivity contribution in [1.29, 1.82) is 0 Å². The number of carbonyl (C=O) groups is 10. The molecule has 0 heterocycles. The number of guanidine groups is 1. The molecule has 29 heteroatoms. The molecule has 3 aromatic rings. The first kappa shape index (κ1) is 67.9. The highest BCUT2D eigenvalue weighted by Gasteiger charge is 2.36. The van der Waals surface area contributed by atoms with Crippen LogP contribution in [0.5, 0.6) is 5.75 Å². The van der Waals surface area contributed by atoms with Gasteiger partial charge in [0.1, 0.15) is 60.1 Å². The predicted octanol–water partition coefficient (Wildman–Crippen LogP) is -4.98. The fraction of sp³-hybridized carbons (Fsp3) is 0.453. The van der Waals surface area contributed by atoms with Crippen LogP contribution in [0.4, 0.5) is 0 Å². The number of thioether (sulfide) groups is 1. The van der Waals surface area contributed by atoms with Crippen LogP contribution in [0.15, 0.2) is 89.9 Å². The summed E-state index contributed by atoms with van der Waals surface area (Å²) in [6, 6.07) is 8.63. The van der Waals surface area contributed by atoms with E-state index in [0.717, 1.165) is 0 Å². The van der Waals surface area contributed by atoms with Gasteiger partial charge in [-0.15, -0.1) is 0 Å². The van der Waals surface area contributed by atoms with Gasteiger partial charge in [-0.3, -0.25) is 48.1 Å². The average Bonchev–Trinajstić information content (AvgIpc) is 3.51. The molecule has 448 valence electrons. The normalized spacial score (nSPS) is 14.6. The van der Waals surface area contributed by atoms with Crippen molar-refractivity contribution < 1.29 is 73.5 Å². The van der Waals surface area contributed by atoms with Crippen molar-refractivity contribution in [2.75, 3.05) is 38.3 Å². The van der Waals surface area contributed by atoms with E-state index in [2.05, 4.69) is 52.8 Å². The number of nitrogens with one attached hydrogen (secondary N) is 9. The molecule has 0 fully saturated rings. The number of phenols is 1. The van der Waals surface area contributed by atoms with Crippen LogP contribution in [0.3, 0.4) is 0 Å². The minimum absolute atomic E-state index is 0.0260. The van der Waals surface area contributed by atoms with E-state index in [-0.39, 0.29) is 56.8 Å². The van der Waals surface area contributed by atoms with Crippen LogP contribution < -0.4 is 65.1 Å². The van der Waals surface area contributed by atoms with Gasteiger partial charge >= 0.3 is 5.97 Å². The molecule has 0 aliphatic carbocycles. The molecule has 9 amide bonds. The van der Waals surface area contributed by atoms with Crippen LogP contribution in [0.2, 0.25) is 0 Å². The van der Waals surface area contributed by atoms with Crippen molar-refractivity contribution in [3.05, 3.63) is 102 Å². The smallest absolute Gasteiger partial charge is 0.328 e. The summed E-state index contributed by atoms with van der Waals surface area (Å²) < 4.78 is 0. The van der Waals surface area contributed by atoms with E-state index in [0.29, 0.717) is 22.4 Å². The van der Waals surface area contributed by atoms with E-state index in [1.165, 1.54) is 49.9 Å². The first-order chi connectivity index (χ1) is 39.0. The van der Waals surface area contributed by atoms with Gasteiger partial charge in [0.2, 0.25) is 53.2 Å². The van der Waals surface area contributed by atoms with E-state index in [4.69, 9.17) is 17.2 Å². The number of aromatic hydroxyl groups is 1. The van der Waals surface area contributed by atoms with Crippen molar-refractivity contribution >= 4 is 76.9 Å². The van der Waals surface area contributed by atoms with Gasteiger partial charge in [-0.2, -0.15) is 11.8 Å². The molecule has 0 bridgehead atoms. The summed E-state index contributed by atoms with van der Waals surface area (Å²) in [7, 11) is 0. The number of nitrogens with two attached hydrogens (primary N) is 3. The number of hydrogen-bond acceptors (Lipinski definition) is 17. The highest BCUT2D eigenvalue weighted by molar-refractivity contribution is 7.98. The third kappa shape index (κ3) is 23.8. The van der Waals surface area contributed by atoms with E-state index < -0.39 is 139 Å². The van der Waals surface area contributed by atoms with Crippen LogP contribution >= 0.6 is 11.8 Å². The van der Waals surface area contributed by atoms with Crippen LogP contribution in [0.25, 0.3) is 0 Å². The Labute approximate surface area is 477 Å². The summed E-state index contributed by atoms with van der Waals surface area (Å²) in [5, 5.41) is 72.1. The predicted molar refractivity (Wildman–Crippen MR) is 301 cm³/mol. The Morgan fingerprint density at radius 3 is 1.43 bits per heavy atom. The first-order valence-corrected chi connectivity index (χ1v) is 27.3.